The van der Waals surface area contributed by atoms with Crippen LogP contribution in [0.3, 0.4) is 0 Å². The van der Waals surface area contributed by atoms with Gasteiger partial charge in [0.25, 0.3) is 0 Å². The highest BCUT2D eigenvalue weighted by molar-refractivity contribution is 8.09. The minimum Gasteiger partial charge on any atom is -0.465 e. The van der Waals surface area contributed by atoms with E-state index in [1.54, 1.807) is 32.0 Å². The van der Waals surface area contributed by atoms with E-state index in [2.05, 4.69) is 0 Å². The zero-order chi connectivity index (χ0) is 26.1. The lowest BCUT2D eigenvalue weighted by molar-refractivity contribution is -0.206. The SMILES string of the molecule is CCOC(=O)C(C#N)(CC(S(=O)(=O)c1ccccc1)S(=O)(=O)c1ccccc1)C(OCC)OCC. The Hall–Kier alpha value is -2.78. The summed E-state index contributed by atoms with van der Waals surface area (Å²) in [5, 5.41) is 10.2. The van der Waals surface area contributed by atoms with Crippen molar-refractivity contribution < 1.29 is 35.8 Å². The number of sulfone groups is 2. The molecule has 2 aromatic rings. The van der Waals surface area contributed by atoms with Crippen molar-refractivity contribution in [2.24, 2.45) is 5.41 Å². The van der Waals surface area contributed by atoms with Gasteiger partial charge in [-0.3, -0.25) is 4.79 Å². The Bertz CT molecular complexity index is 1150. The zero-order valence-corrected chi connectivity index (χ0v) is 21.4. The molecule has 1 atom stereocenters. The van der Waals surface area contributed by atoms with Crippen molar-refractivity contribution in [3.8, 4) is 6.07 Å². The molecule has 0 aliphatic carbocycles. The minimum atomic E-state index is -4.62. The highest BCUT2D eigenvalue weighted by atomic mass is 32.3. The number of rotatable bonds is 13. The number of benzene rings is 2. The zero-order valence-electron chi connectivity index (χ0n) is 19.8. The third kappa shape index (κ3) is 6.08. The first-order valence-electron chi connectivity index (χ1n) is 11.0. The minimum absolute atomic E-state index is 0.00897. The largest absolute Gasteiger partial charge is 0.465 e. The summed E-state index contributed by atoms with van der Waals surface area (Å²) in [4.78, 5) is 12.6. The summed E-state index contributed by atoms with van der Waals surface area (Å²) < 4.78 is 68.9. The van der Waals surface area contributed by atoms with Crippen LogP contribution in [0.15, 0.2) is 70.5 Å². The van der Waals surface area contributed by atoms with E-state index in [0.29, 0.717) is 0 Å². The second-order valence-corrected chi connectivity index (χ2v) is 12.0. The van der Waals surface area contributed by atoms with Crippen molar-refractivity contribution in [2.75, 3.05) is 19.8 Å². The normalized spacial score (nSPS) is 13.8. The monoisotopic (exact) mass is 523 g/mol. The lowest BCUT2D eigenvalue weighted by Crippen LogP contribution is -2.50. The van der Waals surface area contributed by atoms with Gasteiger partial charge in [-0.25, -0.2) is 16.8 Å². The van der Waals surface area contributed by atoms with Crippen LogP contribution in [0.1, 0.15) is 27.2 Å². The van der Waals surface area contributed by atoms with Crippen LogP contribution in [-0.2, 0) is 38.7 Å². The maximum absolute atomic E-state index is 13.7. The number of nitriles is 1. The number of hydrogen-bond acceptors (Lipinski definition) is 9. The van der Waals surface area contributed by atoms with Crippen LogP contribution >= 0.6 is 0 Å². The molecule has 0 aliphatic rings. The van der Waals surface area contributed by atoms with Crippen LogP contribution in [0.4, 0.5) is 0 Å². The van der Waals surface area contributed by atoms with E-state index in [0.717, 1.165) is 0 Å². The second kappa shape index (κ2) is 12.3. The Morgan fingerprint density at radius 2 is 1.26 bits per heavy atom. The Labute approximate surface area is 206 Å². The summed E-state index contributed by atoms with van der Waals surface area (Å²) >= 11 is 0. The van der Waals surface area contributed by atoms with Crippen molar-refractivity contribution in [1.29, 1.82) is 5.26 Å². The van der Waals surface area contributed by atoms with Crippen molar-refractivity contribution in [1.82, 2.24) is 0 Å². The highest BCUT2D eigenvalue weighted by Crippen LogP contribution is 2.39. The first-order chi connectivity index (χ1) is 16.6. The maximum atomic E-state index is 13.7. The Morgan fingerprint density at radius 3 is 1.60 bits per heavy atom. The van der Waals surface area contributed by atoms with Gasteiger partial charge in [0.1, 0.15) is 0 Å². The molecule has 0 aromatic heterocycles. The molecule has 2 rings (SSSR count). The maximum Gasteiger partial charge on any atom is 0.331 e. The fourth-order valence-corrected chi connectivity index (χ4v) is 8.13. The summed E-state index contributed by atoms with van der Waals surface area (Å²) in [6, 6.07) is 15.8. The average molecular weight is 524 g/mol. The van der Waals surface area contributed by atoms with E-state index in [1.807, 2.05) is 0 Å². The van der Waals surface area contributed by atoms with Crippen LogP contribution < -0.4 is 0 Å². The molecule has 0 fully saturated rings. The van der Waals surface area contributed by atoms with Gasteiger partial charge in [-0.2, -0.15) is 5.26 Å². The summed E-state index contributed by atoms with van der Waals surface area (Å²) in [6.45, 7) is 4.59. The molecule has 0 spiro atoms. The predicted octanol–water partition coefficient (Wildman–Crippen LogP) is 3.12. The van der Waals surface area contributed by atoms with Gasteiger partial charge in [0.2, 0.25) is 5.41 Å². The quantitative estimate of drug-likeness (QED) is 0.286. The van der Waals surface area contributed by atoms with E-state index in [-0.39, 0.29) is 29.6 Å². The lowest BCUT2D eigenvalue weighted by atomic mass is 9.85. The molecule has 190 valence electrons. The second-order valence-electron chi connectivity index (χ2n) is 7.40. The number of esters is 1. The molecule has 9 nitrogen and oxygen atoms in total. The van der Waals surface area contributed by atoms with Crippen molar-refractivity contribution >= 4 is 25.6 Å². The Morgan fingerprint density at radius 1 is 0.829 bits per heavy atom. The summed E-state index contributed by atoms with van der Waals surface area (Å²) in [7, 11) is -9.24. The molecule has 0 saturated carbocycles. The molecule has 0 amide bonds. The molecule has 0 radical (unpaired) electrons. The van der Waals surface area contributed by atoms with E-state index in [1.165, 1.54) is 55.5 Å². The molecule has 11 heteroatoms. The average Bonchev–Trinajstić information content (AvgIpc) is 2.86. The van der Waals surface area contributed by atoms with Gasteiger partial charge in [0.15, 0.2) is 30.5 Å². The molecule has 35 heavy (non-hydrogen) atoms. The number of nitrogens with zero attached hydrogens (tertiary/aromatic N) is 1. The van der Waals surface area contributed by atoms with Gasteiger partial charge in [-0.15, -0.1) is 0 Å². The van der Waals surface area contributed by atoms with Crippen molar-refractivity contribution in [3.05, 3.63) is 60.7 Å². The van der Waals surface area contributed by atoms with Crippen LogP contribution in [-0.4, -0.2) is 53.5 Å². The van der Waals surface area contributed by atoms with Crippen LogP contribution in [0.5, 0.6) is 0 Å². The molecular formula is C24H29NO8S2. The third-order valence-corrected chi connectivity index (χ3v) is 10.3. The summed E-state index contributed by atoms with van der Waals surface area (Å²) in [5.74, 6) is -1.13. The fraction of sp³-hybridized carbons (Fsp3) is 0.417. The van der Waals surface area contributed by atoms with Gasteiger partial charge in [-0.1, -0.05) is 36.4 Å². The van der Waals surface area contributed by atoms with Crippen molar-refractivity contribution in [3.63, 3.8) is 0 Å². The van der Waals surface area contributed by atoms with E-state index >= 15 is 0 Å². The van der Waals surface area contributed by atoms with Gasteiger partial charge >= 0.3 is 5.97 Å². The van der Waals surface area contributed by atoms with Gasteiger partial charge < -0.3 is 14.2 Å². The first kappa shape index (κ1) is 28.5. The Kier molecular flexibility index (Phi) is 9.97. The van der Waals surface area contributed by atoms with Gasteiger partial charge in [0, 0.05) is 19.6 Å². The van der Waals surface area contributed by atoms with E-state index in [9.17, 15) is 26.9 Å². The smallest absolute Gasteiger partial charge is 0.331 e. The van der Waals surface area contributed by atoms with E-state index < -0.39 is 48.4 Å². The van der Waals surface area contributed by atoms with Gasteiger partial charge in [-0.05, 0) is 45.0 Å². The molecule has 0 bridgehead atoms. The highest BCUT2D eigenvalue weighted by Gasteiger charge is 2.56. The molecule has 1 unspecified atom stereocenters. The number of hydrogen-bond donors (Lipinski definition) is 0. The molecule has 0 aliphatic heterocycles. The first-order valence-corrected chi connectivity index (χ1v) is 14.1. The van der Waals surface area contributed by atoms with Crippen LogP contribution in [0.25, 0.3) is 0 Å². The van der Waals surface area contributed by atoms with Crippen molar-refractivity contribution in [2.45, 2.75) is 47.9 Å². The number of ether oxygens (including phenoxy) is 3. The van der Waals surface area contributed by atoms with Crippen LogP contribution in [0.2, 0.25) is 0 Å². The molecule has 0 N–H and O–H groups in total. The number of carbonyl (C=O) groups excluding carboxylic acids is 1. The topological polar surface area (TPSA) is 137 Å². The predicted molar refractivity (Wildman–Crippen MR) is 127 cm³/mol. The standard InChI is InChI=1S/C24H29NO8S2/c1-4-31-22(26)24(18-25,23(32-5-2)33-6-3)17-21(34(27,28)19-13-9-7-10-14-19)35(29,30)20-15-11-8-12-16-20/h7-16,21,23H,4-6,17H2,1-3H3. The number of carbonyl (C=O) groups is 1. The summed E-state index contributed by atoms with van der Waals surface area (Å²) in [6.07, 6.45) is -2.54. The van der Waals surface area contributed by atoms with Gasteiger partial charge in [0.05, 0.1) is 22.5 Å². The molecule has 0 saturated heterocycles. The third-order valence-electron chi connectivity index (χ3n) is 5.20. The molecular weight excluding hydrogens is 494 g/mol. The molecule has 2 aromatic carbocycles. The fourth-order valence-electron chi connectivity index (χ4n) is 3.49. The van der Waals surface area contributed by atoms with Crippen LogP contribution in [0, 0.1) is 16.7 Å². The van der Waals surface area contributed by atoms with E-state index in [4.69, 9.17) is 14.2 Å². The lowest BCUT2D eigenvalue weighted by Gasteiger charge is -2.34. The summed E-state index contributed by atoms with van der Waals surface area (Å²) in [5.41, 5.74) is -2.39. The molecule has 0 heterocycles. The Balaban J connectivity index is 2.83.